The molecule has 1 aromatic heterocycles. The van der Waals surface area contributed by atoms with Crippen molar-refractivity contribution in [2.45, 2.75) is 25.1 Å². The van der Waals surface area contributed by atoms with Gasteiger partial charge in [0.15, 0.2) is 11.8 Å². The summed E-state index contributed by atoms with van der Waals surface area (Å²) in [5.74, 6) is -7.41. The summed E-state index contributed by atoms with van der Waals surface area (Å²) in [5, 5.41) is 14.5. The number of amides is 1. The van der Waals surface area contributed by atoms with Crippen LogP contribution in [0, 0.1) is 6.92 Å². The number of nitrogens with one attached hydrogen (secondary N) is 2. The number of rotatable bonds is 7. The van der Waals surface area contributed by atoms with Gasteiger partial charge in [-0.05, 0) is 31.2 Å². The van der Waals surface area contributed by atoms with Crippen LogP contribution in [0.1, 0.15) is 27.9 Å². The van der Waals surface area contributed by atoms with Crippen LogP contribution in [0.15, 0.2) is 44.3 Å². The third-order valence-electron chi connectivity index (χ3n) is 4.92. The lowest BCUT2D eigenvalue weighted by Crippen LogP contribution is -2.47. The van der Waals surface area contributed by atoms with Crippen molar-refractivity contribution in [3.05, 3.63) is 67.9 Å². The van der Waals surface area contributed by atoms with Gasteiger partial charge in [-0.2, -0.15) is 22.0 Å². The highest BCUT2D eigenvalue weighted by Gasteiger charge is 2.64. The molecule has 1 unspecified atom stereocenters. The van der Waals surface area contributed by atoms with Crippen molar-refractivity contribution < 1.29 is 36.3 Å². The van der Waals surface area contributed by atoms with Crippen LogP contribution in [0.5, 0.6) is 5.75 Å². The highest BCUT2D eigenvalue weighted by Crippen LogP contribution is 2.46. The molecule has 1 atom stereocenters. The molecule has 0 aliphatic carbocycles. The van der Waals surface area contributed by atoms with Crippen molar-refractivity contribution in [1.82, 2.24) is 4.90 Å². The van der Waals surface area contributed by atoms with Crippen LogP contribution in [0.2, 0.25) is 0 Å². The normalized spacial score (nSPS) is 13.1. The smallest absolute Gasteiger partial charge is 0.456 e. The summed E-state index contributed by atoms with van der Waals surface area (Å²) >= 11 is 0. The van der Waals surface area contributed by atoms with Crippen LogP contribution in [0.4, 0.5) is 39.0 Å². The molecule has 3 N–H and O–H groups in total. The molecule has 3 aromatic rings. The maximum atomic E-state index is 14.3. The van der Waals surface area contributed by atoms with E-state index < -0.39 is 57.8 Å². The highest BCUT2D eigenvalue weighted by atomic mass is 19.4. The number of phenols is 1. The van der Waals surface area contributed by atoms with E-state index in [2.05, 4.69) is 5.32 Å². The average Bonchev–Trinajstić information content (AvgIpc) is 3.17. The van der Waals surface area contributed by atoms with Crippen LogP contribution >= 0.6 is 0 Å². The summed E-state index contributed by atoms with van der Waals surface area (Å²) in [4.78, 5) is 37.5. The van der Waals surface area contributed by atoms with Crippen molar-refractivity contribution >= 4 is 23.0 Å². The Morgan fingerprint density at radius 1 is 1.03 bits per heavy atom. The second kappa shape index (κ2) is 8.47. The third kappa shape index (κ3) is 4.20. The van der Waals surface area contributed by atoms with Gasteiger partial charge in [0.1, 0.15) is 22.9 Å². The van der Waals surface area contributed by atoms with E-state index in [1.165, 1.54) is 39.2 Å². The maximum Gasteiger partial charge on any atom is 0.456 e. The average molecular weight is 487 g/mol. The largest absolute Gasteiger partial charge is 0.505 e. The van der Waals surface area contributed by atoms with Crippen LogP contribution in [0.3, 0.4) is 0 Å². The number of hydrogen-bond donors (Lipinski definition) is 3. The van der Waals surface area contributed by atoms with Gasteiger partial charge < -0.3 is 25.1 Å². The van der Waals surface area contributed by atoms with Gasteiger partial charge in [-0.25, -0.2) is 0 Å². The summed E-state index contributed by atoms with van der Waals surface area (Å²) in [6.45, 7) is 1.32. The number of aryl methyl sites for hydroxylation is 1. The zero-order chi connectivity index (χ0) is 25.6. The van der Waals surface area contributed by atoms with Crippen molar-refractivity contribution in [1.29, 1.82) is 0 Å². The molecule has 3 rings (SSSR count). The number of furan rings is 1. The van der Waals surface area contributed by atoms with Gasteiger partial charge in [-0.15, -0.1) is 0 Å². The minimum Gasteiger partial charge on any atom is -0.505 e. The Balaban J connectivity index is 2.02. The third-order valence-corrected chi connectivity index (χ3v) is 4.92. The number of phenolic OH excluding ortho intramolecular Hbond substituents is 1. The van der Waals surface area contributed by atoms with Gasteiger partial charge in [-0.1, -0.05) is 6.07 Å². The standard InChI is InChI=1S/C21H18F5N3O5/c1-9-7-8-12(34-9)18(20(22,23)21(24,25)26)28-14-13(16(31)17(14)32)27-11-6-4-5-10(15(11)30)19(33)29(2)3/h4-8,18,27-28,30H,1-3H3. The number of carbonyl (C=O) groups is 1. The Morgan fingerprint density at radius 2 is 1.65 bits per heavy atom. The zero-order valence-electron chi connectivity index (χ0n) is 17.9. The molecule has 0 saturated heterocycles. The lowest BCUT2D eigenvalue weighted by atomic mass is 10.0. The van der Waals surface area contributed by atoms with Crippen molar-refractivity contribution in [2.75, 3.05) is 24.7 Å². The van der Waals surface area contributed by atoms with E-state index in [4.69, 9.17) is 4.42 Å². The molecule has 0 aliphatic heterocycles. The van der Waals surface area contributed by atoms with Crippen LogP contribution in [-0.4, -0.2) is 42.1 Å². The molecule has 0 saturated carbocycles. The van der Waals surface area contributed by atoms with Crippen LogP contribution in [0.25, 0.3) is 0 Å². The fourth-order valence-corrected chi connectivity index (χ4v) is 3.10. The summed E-state index contributed by atoms with van der Waals surface area (Å²) in [6.07, 6.45) is -6.02. The molecule has 1 amide bonds. The van der Waals surface area contributed by atoms with Gasteiger partial charge in [0.2, 0.25) is 0 Å². The Hall–Kier alpha value is -3.90. The SMILES string of the molecule is Cc1ccc(C(Nc2c(Nc3cccc(C(=O)N(C)C)c3O)c(=O)c2=O)C(F)(F)C(F)(F)F)o1. The Bertz CT molecular complexity index is 1310. The van der Waals surface area contributed by atoms with E-state index in [-0.39, 0.29) is 17.0 Å². The number of alkyl halides is 5. The van der Waals surface area contributed by atoms with Crippen molar-refractivity contribution in [3.8, 4) is 5.75 Å². The molecule has 0 fully saturated rings. The second-order valence-corrected chi connectivity index (χ2v) is 7.58. The number of hydrogen-bond acceptors (Lipinski definition) is 7. The minimum atomic E-state index is -6.02. The van der Waals surface area contributed by atoms with E-state index in [1.54, 1.807) is 5.32 Å². The quantitative estimate of drug-likeness (QED) is 0.265. The van der Waals surface area contributed by atoms with Crippen LogP contribution < -0.4 is 21.5 Å². The molecule has 34 heavy (non-hydrogen) atoms. The fraction of sp³-hybridized carbons (Fsp3) is 0.286. The predicted molar refractivity (Wildman–Crippen MR) is 112 cm³/mol. The lowest BCUT2D eigenvalue weighted by Gasteiger charge is -2.29. The maximum absolute atomic E-state index is 14.3. The molecule has 1 heterocycles. The van der Waals surface area contributed by atoms with Crippen molar-refractivity contribution in [2.24, 2.45) is 0 Å². The first-order valence-corrected chi connectivity index (χ1v) is 9.58. The molecule has 13 heteroatoms. The number of para-hydroxylation sites is 1. The molecular formula is C21H18F5N3O5. The number of nitrogens with zero attached hydrogens (tertiary/aromatic N) is 1. The molecule has 182 valence electrons. The summed E-state index contributed by atoms with van der Waals surface area (Å²) < 4.78 is 72.9. The number of halogens is 5. The van der Waals surface area contributed by atoms with Gasteiger partial charge in [0.05, 0.1) is 11.3 Å². The first-order chi connectivity index (χ1) is 15.7. The topological polar surface area (TPSA) is 112 Å². The van der Waals surface area contributed by atoms with E-state index in [0.717, 1.165) is 17.0 Å². The van der Waals surface area contributed by atoms with E-state index >= 15 is 0 Å². The molecule has 0 radical (unpaired) electrons. The molecule has 0 bridgehead atoms. The summed E-state index contributed by atoms with van der Waals surface area (Å²) in [5.41, 5.74) is -4.55. The van der Waals surface area contributed by atoms with E-state index in [0.29, 0.717) is 0 Å². The summed E-state index contributed by atoms with van der Waals surface area (Å²) in [6, 6.07) is 2.96. The molecular weight excluding hydrogens is 469 g/mol. The second-order valence-electron chi connectivity index (χ2n) is 7.58. The first-order valence-electron chi connectivity index (χ1n) is 9.58. The molecule has 0 spiro atoms. The van der Waals surface area contributed by atoms with Crippen LogP contribution in [-0.2, 0) is 0 Å². The first kappa shape index (κ1) is 24.7. The monoisotopic (exact) mass is 487 g/mol. The lowest BCUT2D eigenvalue weighted by molar-refractivity contribution is -0.290. The highest BCUT2D eigenvalue weighted by molar-refractivity contribution is 5.99. The Labute approximate surface area is 188 Å². The summed E-state index contributed by atoms with van der Waals surface area (Å²) in [7, 11) is 2.83. The van der Waals surface area contributed by atoms with E-state index in [9.17, 15) is 41.4 Å². The Kier molecular flexibility index (Phi) is 6.16. The molecule has 8 nitrogen and oxygen atoms in total. The number of carbonyl (C=O) groups excluding carboxylic acids is 1. The zero-order valence-corrected chi connectivity index (χ0v) is 17.9. The predicted octanol–water partition coefficient (Wildman–Crippen LogP) is 3.69. The molecule has 0 aliphatic rings. The number of benzene rings is 1. The molecule has 2 aromatic carbocycles. The van der Waals surface area contributed by atoms with E-state index in [1.807, 2.05) is 0 Å². The Morgan fingerprint density at radius 3 is 2.18 bits per heavy atom. The van der Waals surface area contributed by atoms with Gasteiger partial charge in [-0.3, -0.25) is 14.4 Å². The minimum absolute atomic E-state index is 0.0374. The van der Waals surface area contributed by atoms with Gasteiger partial charge >= 0.3 is 12.1 Å². The van der Waals surface area contributed by atoms with Crippen molar-refractivity contribution in [3.63, 3.8) is 0 Å². The number of aromatic hydroxyl groups is 1. The van der Waals surface area contributed by atoms with Gasteiger partial charge in [0, 0.05) is 14.1 Å². The van der Waals surface area contributed by atoms with Gasteiger partial charge in [0.25, 0.3) is 16.8 Å². The fourth-order valence-electron chi connectivity index (χ4n) is 3.10. The number of anilines is 3.